The number of nitrogens with two attached hydrogens (primary N) is 1. The van der Waals surface area contributed by atoms with E-state index in [1.54, 1.807) is 7.11 Å². The second-order valence-corrected chi connectivity index (χ2v) is 3.19. The molecule has 0 aliphatic carbocycles. The van der Waals surface area contributed by atoms with E-state index in [9.17, 15) is 0 Å². The Balaban J connectivity index is 2.35. The molecule has 0 bridgehead atoms. The molecule has 0 amide bonds. The third-order valence-electron chi connectivity index (χ3n) is 1.99. The Bertz CT molecular complexity index is 245. The molecule has 0 aliphatic heterocycles. The minimum absolute atomic E-state index is 0.00356. The van der Waals surface area contributed by atoms with Gasteiger partial charge in [0.25, 0.3) is 0 Å². The van der Waals surface area contributed by atoms with Gasteiger partial charge < -0.3 is 14.9 Å². The van der Waals surface area contributed by atoms with Crippen LogP contribution in [0.25, 0.3) is 0 Å². The van der Waals surface area contributed by atoms with Crippen LogP contribution in [0.5, 0.6) is 0 Å². The first kappa shape index (κ1) is 10.3. The van der Waals surface area contributed by atoms with Crippen LogP contribution in [0, 0.1) is 6.92 Å². The maximum Gasteiger partial charge on any atom is 0.120 e. The van der Waals surface area contributed by atoms with Gasteiger partial charge in [0, 0.05) is 13.7 Å². The zero-order chi connectivity index (χ0) is 9.68. The quantitative estimate of drug-likeness (QED) is 0.710. The minimum atomic E-state index is 0.00356. The lowest BCUT2D eigenvalue weighted by Gasteiger charge is -2.07. The molecule has 1 rings (SSSR count). The van der Waals surface area contributed by atoms with Crippen molar-refractivity contribution < 1.29 is 9.15 Å². The summed E-state index contributed by atoms with van der Waals surface area (Å²) >= 11 is 0. The number of furan rings is 1. The fourth-order valence-electron chi connectivity index (χ4n) is 1.24. The summed E-state index contributed by atoms with van der Waals surface area (Å²) in [6.07, 6.45) is 1.87. The highest BCUT2D eigenvalue weighted by Crippen LogP contribution is 2.17. The summed E-state index contributed by atoms with van der Waals surface area (Å²) in [7, 11) is 1.70. The summed E-state index contributed by atoms with van der Waals surface area (Å²) in [4.78, 5) is 0. The van der Waals surface area contributed by atoms with Crippen LogP contribution in [-0.4, -0.2) is 13.7 Å². The lowest BCUT2D eigenvalue weighted by Crippen LogP contribution is -2.10. The Morgan fingerprint density at radius 3 is 2.85 bits per heavy atom. The largest absolute Gasteiger partial charge is 0.465 e. The van der Waals surface area contributed by atoms with Crippen LogP contribution in [0.1, 0.15) is 30.4 Å². The van der Waals surface area contributed by atoms with E-state index in [1.165, 1.54) is 0 Å². The second kappa shape index (κ2) is 5.04. The Kier molecular flexibility index (Phi) is 3.99. The van der Waals surface area contributed by atoms with Gasteiger partial charge in [0.2, 0.25) is 0 Å². The highest BCUT2D eigenvalue weighted by Gasteiger charge is 2.08. The van der Waals surface area contributed by atoms with E-state index < -0.39 is 0 Å². The van der Waals surface area contributed by atoms with Crippen molar-refractivity contribution in [2.45, 2.75) is 25.8 Å². The van der Waals surface area contributed by atoms with Crippen molar-refractivity contribution in [3.8, 4) is 0 Å². The van der Waals surface area contributed by atoms with Crippen molar-refractivity contribution in [1.82, 2.24) is 0 Å². The van der Waals surface area contributed by atoms with Crippen LogP contribution in [0.3, 0.4) is 0 Å². The first-order valence-corrected chi connectivity index (χ1v) is 4.55. The molecule has 1 aromatic heterocycles. The first-order valence-electron chi connectivity index (χ1n) is 4.55. The molecule has 0 fully saturated rings. The number of ether oxygens (including phenoxy) is 1. The average Bonchev–Trinajstić information content (AvgIpc) is 2.52. The van der Waals surface area contributed by atoms with Crippen molar-refractivity contribution in [2.75, 3.05) is 13.7 Å². The molecular weight excluding hydrogens is 166 g/mol. The predicted octanol–water partition coefficient (Wildman–Crippen LogP) is 2.01. The van der Waals surface area contributed by atoms with Crippen molar-refractivity contribution >= 4 is 0 Å². The van der Waals surface area contributed by atoms with E-state index in [4.69, 9.17) is 14.9 Å². The number of methoxy groups -OCH3 is 1. The van der Waals surface area contributed by atoms with Gasteiger partial charge in [-0.3, -0.25) is 0 Å². The van der Waals surface area contributed by atoms with Crippen LogP contribution in [0.4, 0.5) is 0 Å². The molecular formula is C10H17NO2. The molecule has 0 saturated carbocycles. The highest BCUT2D eigenvalue weighted by molar-refractivity contribution is 5.08. The van der Waals surface area contributed by atoms with Gasteiger partial charge in [0.1, 0.15) is 11.5 Å². The van der Waals surface area contributed by atoms with Crippen LogP contribution in [-0.2, 0) is 4.74 Å². The smallest absolute Gasteiger partial charge is 0.120 e. The normalized spacial score (nSPS) is 13.2. The Morgan fingerprint density at radius 1 is 1.54 bits per heavy atom. The molecule has 0 saturated heterocycles. The molecule has 0 spiro atoms. The summed E-state index contributed by atoms with van der Waals surface area (Å²) in [5.74, 6) is 1.78. The van der Waals surface area contributed by atoms with E-state index >= 15 is 0 Å². The maximum absolute atomic E-state index is 5.90. The zero-order valence-electron chi connectivity index (χ0n) is 8.25. The average molecular weight is 183 g/mol. The lowest BCUT2D eigenvalue weighted by molar-refractivity contribution is 0.189. The van der Waals surface area contributed by atoms with Crippen molar-refractivity contribution in [3.05, 3.63) is 23.7 Å². The molecule has 0 aliphatic rings. The topological polar surface area (TPSA) is 48.4 Å². The van der Waals surface area contributed by atoms with Crippen LogP contribution in [0.15, 0.2) is 16.5 Å². The summed E-state index contributed by atoms with van der Waals surface area (Å²) < 4.78 is 10.4. The second-order valence-electron chi connectivity index (χ2n) is 3.19. The van der Waals surface area contributed by atoms with E-state index in [0.717, 1.165) is 31.0 Å². The van der Waals surface area contributed by atoms with E-state index in [0.29, 0.717) is 0 Å². The summed E-state index contributed by atoms with van der Waals surface area (Å²) in [6.45, 7) is 2.68. The van der Waals surface area contributed by atoms with Gasteiger partial charge in [-0.1, -0.05) is 0 Å². The Labute approximate surface area is 78.9 Å². The first-order chi connectivity index (χ1) is 6.24. The summed E-state index contributed by atoms with van der Waals surface area (Å²) in [5.41, 5.74) is 5.90. The molecule has 3 nitrogen and oxygen atoms in total. The monoisotopic (exact) mass is 183 g/mol. The molecule has 1 aromatic rings. The fourth-order valence-corrected chi connectivity index (χ4v) is 1.24. The Morgan fingerprint density at radius 2 is 2.31 bits per heavy atom. The van der Waals surface area contributed by atoms with Crippen LogP contribution >= 0.6 is 0 Å². The highest BCUT2D eigenvalue weighted by atomic mass is 16.5. The molecule has 1 heterocycles. The van der Waals surface area contributed by atoms with Gasteiger partial charge in [-0.2, -0.15) is 0 Å². The SMILES string of the molecule is COCCCC(N)c1ccc(C)o1. The molecule has 0 aromatic carbocycles. The lowest BCUT2D eigenvalue weighted by atomic mass is 10.1. The van der Waals surface area contributed by atoms with E-state index in [1.807, 2.05) is 19.1 Å². The molecule has 1 unspecified atom stereocenters. The van der Waals surface area contributed by atoms with Crippen LogP contribution in [0.2, 0.25) is 0 Å². The minimum Gasteiger partial charge on any atom is -0.465 e. The number of rotatable bonds is 5. The molecule has 74 valence electrons. The van der Waals surface area contributed by atoms with E-state index in [2.05, 4.69) is 0 Å². The number of hydrogen-bond donors (Lipinski definition) is 1. The molecule has 1 atom stereocenters. The van der Waals surface area contributed by atoms with Crippen molar-refractivity contribution in [1.29, 1.82) is 0 Å². The van der Waals surface area contributed by atoms with Gasteiger partial charge in [-0.05, 0) is 31.9 Å². The maximum atomic E-state index is 5.90. The van der Waals surface area contributed by atoms with Gasteiger partial charge >= 0.3 is 0 Å². The van der Waals surface area contributed by atoms with Crippen molar-refractivity contribution in [3.63, 3.8) is 0 Å². The van der Waals surface area contributed by atoms with Crippen LogP contribution < -0.4 is 5.73 Å². The fraction of sp³-hybridized carbons (Fsp3) is 0.600. The third-order valence-corrected chi connectivity index (χ3v) is 1.99. The van der Waals surface area contributed by atoms with Crippen molar-refractivity contribution in [2.24, 2.45) is 5.73 Å². The van der Waals surface area contributed by atoms with Gasteiger partial charge in [0.15, 0.2) is 0 Å². The zero-order valence-corrected chi connectivity index (χ0v) is 8.25. The van der Waals surface area contributed by atoms with E-state index in [-0.39, 0.29) is 6.04 Å². The standard InChI is InChI=1S/C10H17NO2/c1-8-5-6-10(13-8)9(11)4-3-7-12-2/h5-6,9H,3-4,7,11H2,1-2H3. The van der Waals surface area contributed by atoms with Gasteiger partial charge in [0.05, 0.1) is 6.04 Å². The number of aryl methyl sites for hydroxylation is 1. The van der Waals surface area contributed by atoms with Gasteiger partial charge in [-0.25, -0.2) is 0 Å². The molecule has 3 heteroatoms. The molecule has 0 radical (unpaired) electrons. The molecule has 13 heavy (non-hydrogen) atoms. The summed E-state index contributed by atoms with van der Waals surface area (Å²) in [6, 6.07) is 3.88. The predicted molar refractivity (Wildman–Crippen MR) is 51.5 cm³/mol. The summed E-state index contributed by atoms with van der Waals surface area (Å²) in [5, 5.41) is 0. The number of hydrogen-bond acceptors (Lipinski definition) is 3. The van der Waals surface area contributed by atoms with Gasteiger partial charge in [-0.15, -0.1) is 0 Å². The molecule has 2 N–H and O–H groups in total. The third kappa shape index (κ3) is 3.20. The Hall–Kier alpha value is -0.800.